The number of methoxy groups -OCH3 is 2. The third kappa shape index (κ3) is 6.38. The summed E-state index contributed by atoms with van der Waals surface area (Å²) in [6, 6.07) is 14.5. The van der Waals surface area contributed by atoms with E-state index in [0.717, 1.165) is 41.9 Å². The van der Waals surface area contributed by atoms with Crippen LogP contribution < -0.4 is 15.2 Å². The van der Waals surface area contributed by atoms with Crippen LogP contribution in [-0.4, -0.2) is 26.5 Å². The van der Waals surface area contributed by atoms with Gasteiger partial charge < -0.3 is 15.2 Å². The van der Waals surface area contributed by atoms with Gasteiger partial charge in [0, 0.05) is 12.8 Å². The predicted molar refractivity (Wildman–Crippen MR) is 115 cm³/mol. The molecule has 0 aromatic heterocycles. The summed E-state index contributed by atoms with van der Waals surface area (Å²) in [4.78, 5) is 12.1. The van der Waals surface area contributed by atoms with Gasteiger partial charge in [-0.05, 0) is 60.0 Å². The fourth-order valence-corrected chi connectivity index (χ4v) is 3.41. The molecule has 0 bridgehead atoms. The first-order chi connectivity index (χ1) is 13.4. The van der Waals surface area contributed by atoms with Gasteiger partial charge in [0.15, 0.2) is 11.5 Å². The molecule has 0 aliphatic heterocycles. The lowest BCUT2D eigenvalue weighted by atomic mass is 9.81. The number of ketones is 1. The average molecular weight is 384 g/mol. The summed E-state index contributed by atoms with van der Waals surface area (Å²) in [6.07, 6.45) is 3.90. The second-order valence-corrected chi connectivity index (χ2v) is 8.04. The van der Waals surface area contributed by atoms with E-state index in [1.165, 1.54) is 5.56 Å². The number of hydrogen-bond acceptors (Lipinski definition) is 4. The molecule has 2 aromatic rings. The van der Waals surface area contributed by atoms with E-state index in [-0.39, 0.29) is 5.41 Å². The Bertz CT molecular complexity index is 783. The molecular weight excluding hydrogens is 350 g/mol. The van der Waals surface area contributed by atoms with E-state index in [2.05, 4.69) is 38.1 Å². The topological polar surface area (TPSA) is 61.5 Å². The number of Topliss-reactive ketones (excluding diaryl/α,β-unsaturated/α-hetero) is 1. The number of benzene rings is 2. The van der Waals surface area contributed by atoms with E-state index in [9.17, 15) is 4.79 Å². The number of aryl methyl sites for hydroxylation is 1. The first-order valence-corrected chi connectivity index (χ1v) is 9.91. The van der Waals surface area contributed by atoms with Crippen LogP contribution in [-0.2, 0) is 11.2 Å². The summed E-state index contributed by atoms with van der Waals surface area (Å²) in [6.45, 7) is 4.92. The van der Waals surface area contributed by atoms with E-state index in [1.807, 2.05) is 18.2 Å². The molecule has 28 heavy (non-hydrogen) atoms. The van der Waals surface area contributed by atoms with Crippen LogP contribution in [0.25, 0.3) is 11.1 Å². The number of ether oxygens (including phenoxy) is 2. The lowest BCUT2D eigenvalue weighted by Gasteiger charge is -2.24. The highest BCUT2D eigenvalue weighted by Crippen LogP contribution is 2.33. The third-order valence-electron chi connectivity index (χ3n) is 5.07. The molecule has 0 saturated carbocycles. The van der Waals surface area contributed by atoms with E-state index >= 15 is 0 Å². The Morgan fingerprint density at radius 1 is 1.00 bits per heavy atom. The van der Waals surface area contributed by atoms with Crippen LogP contribution in [0.1, 0.15) is 45.1 Å². The zero-order chi connectivity index (χ0) is 20.6. The van der Waals surface area contributed by atoms with Gasteiger partial charge in [0.1, 0.15) is 5.78 Å². The summed E-state index contributed by atoms with van der Waals surface area (Å²) in [5.41, 5.74) is 9.01. The Kier molecular flexibility index (Phi) is 8.06. The van der Waals surface area contributed by atoms with Gasteiger partial charge in [-0.1, -0.05) is 44.2 Å². The van der Waals surface area contributed by atoms with Crippen molar-refractivity contribution in [2.75, 3.05) is 20.8 Å². The van der Waals surface area contributed by atoms with Crippen LogP contribution >= 0.6 is 0 Å². The summed E-state index contributed by atoms with van der Waals surface area (Å²) in [7, 11) is 3.29. The van der Waals surface area contributed by atoms with Crippen molar-refractivity contribution in [2.45, 2.75) is 46.0 Å². The molecule has 0 amide bonds. The van der Waals surface area contributed by atoms with Gasteiger partial charge in [0.25, 0.3) is 0 Å². The molecule has 0 aliphatic rings. The largest absolute Gasteiger partial charge is 0.493 e. The fourth-order valence-electron chi connectivity index (χ4n) is 3.41. The molecule has 4 heteroatoms. The van der Waals surface area contributed by atoms with Gasteiger partial charge in [0.2, 0.25) is 0 Å². The van der Waals surface area contributed by atoms with Gasteiger partial charge >= 0.3 is 0 Å². The highest BCUT2D eigenvalue weighted by Gasteiger charge is 2.21. The van der Waals surface area contributed by atoms with E-state index in [1.54, 1.807) is 14.2 Å². The van der Waals surface area contributed by atoms with E-state index in [0.29, 0.717) is 25.2 Å². The van der Waals surface area contributed by atoms with Crippen molar-refractivity contribution in [1.29, 1.82) is 0 Å². The summed E-state index contributed by atoms with van der Waals surface area (Å²) in [5.74, 6) is 1.76. The minimum absolute atomic E-state index is 0.00891. The lowest BCUT2D eigenvalue weighted by Crippen LogP contribution is -2.18. The summed E-state index contributed by atoms with van der Waals surface area (Å²) >= 11 is 0. The number of carbonyl (C=O) groups is 1. The minimum Gasteiger partial charge on any atom is -0.493 e. The molecule has 2 aromatic carbocycles. The first-order valence-electron chi connectivity index (χ1n) is 9.91. The zero-order valence-electron chi connectivity index (χ0n) is 17.6. The summed E-state index contributed by atoms with van der Waals surface area (Å²) in [5, 5.41) is 0. The van der Waals surface area contributed by atoms with Crippen molar-refractivity contribution < 1.29 is 14.3 Å². The Morgan fingerprint density at radius 2 is 1.71 bits per heavy atom. The minimum atomic E-state index is -0.00891. The lowest BCUT2D eigenvalue weighted by molar-refractivity contribution is -0.121. The number of rotatable bonds is 11. The van der Waals surface area contributed by atoms with Gasteiger partial charge in [-0.15, -0.1) is 0 Å². The van der Waals surface area contributed by atoms with Gasteiger partial charge in [0.05, 0.1) is 14.2 Å². The zero-order valence-corrected chi connectivity index (χ0v) is 17.6. The van der Waals surface area contributed by atoms with Crippen molar-refractivity contribution in [1.82, 2.24) is 0 Å². The molecule has 152 valence electrons. The normalized spacial score (nSPS) is 11.3. The quantitative estimate of drug-likeness (QED) is 0.591. The monoisotopic (exact) mass is 383 g/mol. The van der Waals surface area contributed by atoms with Crippen molar-refractivity contribution in [3.8, 4) is 22.6 Å². The highest BCUT2D eigenvalue weighted by molar-refractivity contribution is 5.79. The molecule has 0 spiro atoms. The number of carbonyl (C=O) groups excluding carboxylic acids is 1. The van der Waals surface area contributed by atoms with Crippen LogP contribution in [0.4, 0.5) is 0 Å². The predicted octanol–water partition coefficient (Wildman–Crippen LogP) is 5.03. The van der Waals surface area contributed by atoms with Crippen LogP contribution in [0, 0.1) is 5.41 Å². The molecule has 0 heterocycles. The van der Waals surface area contributed by atoms with E-state index < -0.39 is 0 Å². The van der Waals surface area contributed by atoms with Gasteiger partial charge in [-0.3, -0.25) is 4.79 Å². The number of nitrogens with two attached hydrogens (primary N) is 1. The maximum atomic E-state index is 12.1. The maximum absolute atomic E-state index is 12.1. The molecule has 2 N–H and O–H groups in total. The Morgan fingerprint density at radius 3 is 2.39 bits per heavy atom. The average Bonchev–Trinajstić information content (AvgIpc) is 2.70. The highest BCUT2D eigenvalue weighted by atomic mass is 16.5. The Hall–Kier alpha value is -2.33. The first kappa shape index (κ1) is 22.0. The molecular formula is C24H33NO3. The maximum Gasteiger partial charge on any atom is 0.161 e. The number of hydrogen-bond donors (Lipinski definition) is 1. The molecule has 0 saturated heterocycles. The molecule has 0 aliphatic carbocycles. The molecule has 0 fully saturated rings. The third-order valence-corrected chi connectivity index (χ3v) is 5.07. The molecule has 4 nitrogen and oxygen atoms in total. The molecule has 0 atom stereocenters. The van der Waals surface area contributed by atoms with Crippen molar-refractivity contribution >= 4 is 5.78 Å². The van der Waals surface area contributed by atoms with Gasteiger partial charge in [-0.2, -0.15) is 0 Å². The molecule has 0 unspecified atom stereocenters. The second-order valence-electron chi connectivity index (χ2n) is 8.04. The van der Waals surface area contributed by atoms with E-state index in [4.69, 9.17) is 15.2 Å². The molecule has 2 rings (SSSR count). The van der Waals surface area contributed by atoms with Crippen LogP contribution in [0.3, 0.4) is 0 Å². The SMILES string of the molecule is COc1ccc(-c2cccc(CCC(C)(C)CC(=O)CCCN)c2)cc1OC. The smallest absolute Gasteiger partial charge is 0.161 e. The van der Waals surface area contributed by atoms with Crippen LogP contribution in [0.5, 0.6) is 11.5 Å². The molecule has 0 radical (unpaired) electrons. The van der Waals surface area contributed by atoms with Crippen molar-refractivity contribution in [2.24, 2.45) is 11.1 Å². The van der Waals surface area contributed by atoms with Crippen molar-refractivity contribution in [3.63, 3.8) is 0 Å². The van der Waals surface area contributed by atoms with Gasteiger partial charge in [-0.25, -0.2) is 0 Å². The Labute approximate surface area is 169 Å². The van der Waals surface area contributed by atoms with Crippen LogP contribution in [0.15, 0.2) is 42.5 Å². The summed E-state index contributed by atoms with van der Waals surface area (Å²) < 4.78 is 10.7. The second kappa shape index (κ2) is 10.3. The standard InChI is InChI=1S/C24H33NO3/c1-24(2,17-21(26)9-6-14-25)13-12-18-7-5-8-19(15-18)20-10-11-22(27-3)23(16-20)28-4/h5,7-8,10-11,15-16H,6,9,12-14,17,25H2,1-4H3. The fraction of sp³-hybridized carbons (Fsp3) is 0.458. The Balaban J connectivity index is 2.06. The van der Waals surface area contributed by atoms with Crippen LogP contribution in [0.2, 0.25) is 0 Å². The van der Waals surface area contributed by atoms with Crippen molar-refractivity contribution in [3.05, 3.63) is 48.0 Å².